The van der Waals surface area contributed by atoms with Gasteiger partial charge in [0.05, 0.1) is 6.54 Å². The standard InChI is InChI=1S/C16H29N3O/c1-4-13-11-19(14(5-2)10-17-13)12-16(20)18(3)15-8-6-7-9-15/h8,13-14,17H,4-7,9-12H2,1-3H3. The van der Waals surface area contributed by atoms with E-state index in [1.54, 1.807) is 0 Å². The summed E-state index contributed by atoms with van der Waals surface area (Å²) in [7, 11) is 1.93. The summed E-state index contributed by atoms with van der Waals surface area (Å²) < 4.78 is 0. The zero-order valence-electron chi connectivity index (χ0n) is 13.2. The number of nitrogens with zero attached hydrogens (tertiary/aromatic N) is 2. The number of carbonyl (C=O) groups excluding carboxylic acids is 1. The molecule has 4 heteroatoms. The largest absolute Gasteiger partial charge is 0.318 e. The fourth-order valence-corrected chi connectivity index (χ4v) is 3.20. The molecule has 0 radical (unpaired) electrons. The molecule has 2 unspecified atom stereocenters. The number of amides is 1. The first-order valence-corrected chi connectivity index (χ1v) is 8.08. The molecule has 1 fully saturated rings. The number of hydrogen-bond acceptors (Lipinski definition) is 3. The van der Waals surface area contributed by atoms with Gasteiger partial charge in [0.15, 0.2) is 0 Å². The molecule has 0 saturated carbocycles. The molecule has 0 aromatic heterocycles. The van der Waals surface area contributed by atoms with Crippen LogP contribution in [0.15, 0.2) is 11.8 Å². The zero-order valence-corrected chi connectivity index (χ0v) is 13.2. The first kappa shape index (κ1) is 15.5. The summed E-state index contributed by atoms with van der Waals surface area (Å²) in [5.74, 6) is 0.244. The van der Waals surface area contributed by atoms with E-state index in [-0.39, 0.29) is 5.91 Å². The lowest BCUT2D eigenvalue weighted by Crippen LogP contribution is -2.58. The van der Waals surface area contributed by atoms with E-state index in [4.69, 9.17) is 0 Å². The van der Waals surface area contributed by atoms with Gasteiger partial charge in [-0.2, -0.15) is 0 Å². The van der Waals surface area contributed by atoms with Crippen molar-refractivity contribution in [2.24, 2.45) is 0 Å². The Morgan fingerprint density at radius 1 is 1.45 bits per heavy atom. The lowest BCUT2D eigenvalue weighted by Gasteiger charge is -2.40. The molecule has 2 atom stereocenters. The molecular weight excluding hydrogens is 250 g/mol. The third-order valence-corrected chi connectivity index (χ3v) is 4.74. The third-order valence-electron chi connectivity index (χ3n) is 4.74. The second-order valence-corrected chi connectivity index (χ2v) is 6.05. The minimum atomic E-state index is 0.244. The number of carbonyl (C=O) groups is 1. The topological polar surface area (TPSA) is 35.6 Å². The number of nitrogens with one attached hydrogen (secondary N) is 1. The predicted octanol–water partition coefficient (Wildman–Crippen LogP) is 1.97. The lowest BCUT2D eigenvalue weighted by atomic mass is 10.1. The Hall–Kier alpha value is -0.870. The number of likely N-dealkylation sites (N-methyl/N-ethyl adjacent to an activating group) is 1. The zero-order chi connectivity index (χ0) is 14.5. The third kappa shape index (κ3) is 3.61. The molecule has 1 aliphatic heterocycles. The van der Waals surface area contributed by atoms with Gasteiger partial charge < -0.3 is 10.2 Å². The summed E-state index contributed by atoms with van der Waals surface area (Å²) in [5, 5.41) is 3.58. The van der Waals surface area contributed by atoms with Crippen molar-refractivity contribution in [2.75, 3.05) is 26.7 Å². The van der Waals surface area contributed by atoms with Crippen molar-refractivity contribution < 1.29 is 4.79 Å². The summed E-state index contributed by atoms with van der Waals surface area (Å²) in [5.41, 5.74) is 1.21. The van der Waals surface area contributed by atoms with E-state index in [9.17, 15) is 4.79 Å². The highest BCUT2D eigenvalue weighted by molar-refractivity contribution is 5.79. The highest BCUT2D eigenvalue weighted by Gasteiger charge is 2.28. The second kappa shape index (κ2) is 7.23. The van der Waals surface area contributed by atoms with Crippen molar-refractivity contribution in [3.8, 4) is 0 Å². The van der Waals surface area contributed by atoms with Crippen LogP contribution in [0.5, 0.6) is 0 Å². The number of rotatable bonds is 5. The number of allylic oxidation sites excluding steroid dienone is 2. The van der Waals surface area contributed by atoms with Crippen LogP contribution in [0.1, 0.15) is 46.0 Å². The van der Waals surface area contributed by atoms with E-state index in [0.29, 0.717) is 18.6 Å². The molecule has 0 aromatic rings. The Morgan fingerprint density at radius 3 is 2.85 bits per heavy atom. The SMILES string of the molecule is CCC1CN(CC(=O)N(C)C2=CCCC2)C(CC)CN1. The van der Waals surface area contributed by atoms with Crippen molar-refractivity contribution in [3.05, 3.63) is 11.8 Å². The van der Waals surface area contributed by atoms with E-state index >= 15 is 0 Å². The second-order valence-electron chi connectivity index (χ2n) is 6.05. The fourth-order valence-electron chi connectivity index (χ4n) is 3.20. The van der Waals surface area contributed by atoms with Crippen molar-refractivity contribution in [3.63, 3.8) is 0 Å². The Labute approximate surface area is 123 Å². The van der Waals surface area contributed by atoms with Crippen LogP contribution in [0.2, 0.25) is 0 Å². The van der Waals surface area contributed by atoms with Crippen LogP contribution in [-0.2, 0) is 4.79 Å². The summed E-state index contributed by atoms with van der Waals surface area (Å²) >= 11 is 0. The molecule has 1 saturated heterocycles. The van der Waals surface area contributed by atoms with Crippen LogP contribution >= 0.6 is 0 Å². The molecule has 4 nitrogen and oxygen atoms in total. The normalized spacial score (nSPS) is 27.4. The average molecular weight is 279 g/mol. The smallest absolute Gasteiger partial charge is 0.240 e. The minimum Gasteiger partial charge on any atom is -0.318 e. The highest BCUT2D eigenvalue weighted by atomic mass is 16.2. The van der Waals surface area contributed by atoms with Crippen LogP contribution in [0.4, 0.5) is 0 Å². The molecule has 1 amide bonds. The molecule has 1 aliphatic carbocycles. The maximum atomic E-state index is 12.5. The Kier molecular flexibility index (Phi) is 5.61. The van der Waals surface area contributed by atoms with Gasteiger partial charge in [-0.15, -0.1) is 0 Å². The van der Waals surface area contributed by atoms with E-state index in [2.05, 4.69) is 30.1 Å². The minimum absolute atomic E-state index is 0.244. The van der Waals surface area contributed by atoms with Crippen molar-refractivity contribution >= 4 is 5.91 Å². The fraction of sp³-hybridized carbons (Fsp3) is 0.812. The maximum absolute atomic E-state index is 12.5. The van der Waals surface area contributed by atoms with Gasteiger partial charge in [0.25, 0.3) is 0 Å². The number of hydrogen-bond donors (Lipinski definition) is 1. The summed E-state index contributed by atoms with van der Waals surface area (Å²) in [4.78, 5) is 16.7. The van der Waals surface area contributed by atoms with Crippen LogP contribution < -0.4 is 5.32 Å². The van der Waals surface area contributed by atoms with Gasteiger partial charge in [0.1, 0.15) is 0 Å². The van der Waals surface area contributed by atoms with Crippen molar-refractivity contribution in [1.82, 2.24) is 15.1 Å². The van der Waals surface area contributed by atoms with E-state index in [1.165, 1.54) is 12.1 Å². The summed E-state index contributed by atoms with van der Waals surface area (Å²) in [6.07, 6.45) is 7.80. The molecule has 114 valence electrons. The van der Waals surface area contributed by atoms with Crippen molar-refractivity contribution in [1.29, 1.82) is 0 Å². The molecule has 2 rings (SSSR count). The van der Waals surface area contributed by atoms with Gasteiger partial charge in [-0.3, -0.25) is 9.69 Å². The lowest BCUT2D eigenvalue weighted by molar-refractivity contribution is -0.130. The molecule has 0 aromatic carbocycles. The van der Waals surface area contributed by atoms with E-state index in [1.807, 2.05) is 11.9 Å². The van der Waals surface area contributed by atoms with E-state index < -0.39 is 0 Å². The van der Waals surface area contributed by atoms with Crippen molar-refractivity contribution in [2.45, 2.75) is 58.0 Å². The van der Waals surface area contributed by atoms with Gasteiger partial charge in [0, 0.05) is 37.9 Å². The molecule has 0 bridgehead atoms. The monoisotopic (exact) mass is 279 g/mol. The molecule has 1 N–H and O–H groups in total. The maximum Gasteiger partial charge on any atom is 0.240 e. The highest BCUT2D eigenvalue weighted by Crippen LogP contribution is 2.21. The summed E-state index contributed by atoms with van der Waals surface area (Å²) in [6, 6.07) is 1.02. The van der Waals surface area contributed by atoms with Gasteiger partial charge in [-0.05, 0) is 32.1 Å². The first-order valence-electron chi connectivity index (χ1n) is 8.08. The average Bonchev–Trinajstić information content (AvgIpc) is 3.00. The van der Waals surface area contributed by atoms with Gasteiger partial charge in [0.2, 0.25) is 5.91 Å². The molecule has 2 aliphatic rings. The Balaban J connectivity index is 1.93. The molecule has 1 heterocycles. The Bertz CT molecular complexity index is 367. The van der Waals surface area contributed by atoms with Gasteiger partial charge >= 0.3 is 0 Å². The van der Waals surface area contributed by atoms with Gasteiger partial charge in [-0.25, -0.2) is 0 Å². The first-order chi connectivity index (χ1) is 9.65. The molecular formula is C16H29N3O. The van der Waals surface area contributed by atoms with Crippen LogP contribution in [-0.4, -0.2) is 54.5 Å². The summed E-state index contributed by atoms with van der Waals surface area (Å²) in [6.45, 7) is 6.98. The molecule has 0 spiro atoms. The Morgan fingerprint density at radius 2 is 2.25 bits per heavy atom. The van der Waals surface area contributed by atoms with E-state index in [0.717, 1.165) is 38.8 Å². The molecule has 20 heavy (non-hydrogen) atoms. The van der Waals surface area contributed by atoms with Crippen LogP contribution in [0.3, 0.4) is 0 Å². The predicted molar refractivity (Wildman–Crippen MR) is 82.4 cm³/mol. The quantitative estimate of drug-likeness (QED) is 0.836. The van der Waals surface area contributed by atoms with Crippen LogP contribution in [0.25, 0.3) is 0 Å². The van der Waals surface area contributed by atoms with Gasteiger partial charge in [-0.1, -0.05) is 19.9 Å². The number of piperazine rings is 1. The van der Waals surface area contributed by atoms with Crippen LogP contribution in [0, 0.1) is 0 Å².